The molecule has 23 heavy (non-hydrogen) atoms. The molecule has 0 bridgehead atoms. The molecule has 2 N–H and O–H groups in total. The highest BCUT2D eigenvalue weighted by molar-refractivity contribution is 6.34. The van der Waals surface area contributed by atoms with Crippen molar-refractivity contribution in [2.45, 2.75) is 6.92 Å². The average molecular weight is 346 g/mol. The number of hydrazine groups is 1. The maximum atomic E-state index is 12.2. The van der Waals surface area contributed by atoms with Gasteiger partial charge in [-0.25, -0.2) is 0 Å². The van der Waals surface area contributed by atoms with E-state index < -0.39 is 0 Å². The fraction of sp³-hybridized carbons (Fsp3) is 0.0588. The predicted octanol–water partition coefficient (Wildman–Crippen LogP) is 4.61. The van der Waals surface area contributed by atoms with Crippen molar-refractivity contribution in [1.29, 1.82) is 0 Å². The smallest absolute Gasteiger partial charge is 0.271 e. The van der Waals surface area contributed by atoms with Crippen LogP contribution < -0.4 is 10.9 Å². The van der Waals surface area contributed by atoms with E-state index in [4.69, 9.17) is 23.2 Å². The molecule has 0 saturated carbocycles. The first-order valence-electron chi connectivity index (χ1n) is 6.91. The van der Waals surface area contributed by atoms with Crippen molar-refractivity contribution < 1.29 is 4.79 Å². The van der Waals surface area contributed by atoms with Gasteiger partial charge in [-0.15, -0.1) is 0 Å². The number of hydrogen-bond donors (Lipinski definition) is 2. The van der Waals surface area contributed by atoms with E-state index in [9.17, 15) is 4.79 Å². The van der Waals surface area contributed by atoms with E-state index in [2.05, 4.69) is 15.8 Å². The maximum Gasteiger partial charge on any atom is 0.271 e. The standard InChI is InChI=1S/C17H13Cl2N3O/c1-10-2-4-12(14(19)8-10)17(23)22-21-15-6-7-20-16-9-11(18)3-5-13(15)16/h2-9H,1H3,(H,20,21)(H,22,23). The molecule has 0 aliphatic rings. The van der Waals surface area contributed by atoms with Crippen LogP contribution in [0.1, 0.15) is 15.9 Å². The molecule has 0 spiro atoms. The van der Waals surface area contributed by atoms with Crippen LogP contribution >= 0.6 is 23.2 Å². The number of pyridine rings is 1. The van der Waals surface area contributed by atoms with Crippen LogP contribution in [-0.2, 0) is 0 Å². The Hall–Kier alpha value is -2.30. The van der Waals surface area contributed by atoms with Crippen molar-refractivity contribution in [3.05, 3.63) is 69.8 Å². The van der Waals surface area contributed by atoms with Gasteiger partial charge in [-0.2, -0.15) is 0 Å². The third kappa shape index (κ3) is 3.38. The lowest BCUT2D eigenvalue weighted by Gasteiger charge is -2.12. The van der Waals surface area contributed by atoms with Gasteiger partial charge >= 0.3 is 0 Å². The molecule has 0 unspecified atom stereocenters. The number of fused-ring (bicyclic) bond motifs is 1. The summed E-state index contributed by atoms with van der Waals surface area (Å²) in [5.41, 5.74) is 8.43. The van der Waals surface area contributed by atoms with Crippen LogP contribution in [0, 0.1) is 6.92 Å². The minimum atomic E-state index is -0.311. The van der Waals surface area contributed by atoms with Gasteiger partial charge in [0.05, 0.1) is 21.8 Å². The molecule has 116 valence electrons. The molecule has 0 aliphatic carbocycles. The Morgan fingerprint density at radius 3 is 2.70 bits per heavy atom. The number of benzene rings is 2. The molecule has 0 saturated heterocycles. The van der Waals surface area contributed by atoms with Crippen LogP contribution in [0.4, 0.5) is 5.69 Å². The summed E-state index contributed by atoms with van der Waals surface area (Å²) in [4.78, 5) is 16.5. The van der Waals surface area contributed by atoms with E-state index in [1.807, 2.05) is 19.1 Å². The number of anilines is 1. The first kappa shape index (κ1) is 15.6. The largest absolute Gasteiger partial charge is 0.298 e. The molecule has 0 fully saturated rings. The van der Waals surface area contributed by atoms with Crippen LogP contribution in [0.15, 0.2) is 48.7 Å². The molecular formula is C17H13Cl2N3O. The van der Waals surface area contributed by atoms with Crippen LogP contribution in [-0.4, -0.2) is 10.9 Å². The van der Waals surface area contributed by atoms with Crippen molar-refractivity contribution in [2.24, 2.45) is 0 Å². The lowest BCUT2D eigenvalue weighted by atomic mass is 10.1. The zero-order chi connectivity index (χ0) is 16.4. The number of amides is 1. The summed E-state index contributed by atoms with van der Waals surface area (Å²) < 4.78 is 0. The first-order valence-corrected chi connectivity index (χ1v) is 7.67. The van der Waals surface area contributed by atoms with E-state index >= 15 is 0 Å². The number of aromatic nitrogens is 1. The van der Waals surface area contributed by atoms with E-state index in [0.717, 1.165) is 22.2 Å². The van der Waals surface area contributed by atoms with Crippen LogP contribution in [0.3, 0.4) is 0 Å². The molecule has 1 amide bonds. The number of carbonyl (C=O) groups is 1. The van der Waals surface area contributed by atoms with Gasteiger partial charge in [-0.3, -0.25) is 20.6 Å². The summed E-state index contributed by atoms with van der Waals surface area (Å²) >= 11 is 12.1. The van der Waals surface area contributed by atoms with Gasteiger partial charge in [0.25, 0.3) is 5.91 Å². The molecule has 0 atom stereocenters. The summed E-state index contributed by atoms with van der Waals surface area (Å²) in [6.45, 7) is 1.92. The number of nitrogens with one attached hydrogen (secondary N) is 2. The summed E-state index contributed by atoms with van der Waals surface area (Å²) in [5.74, 6) is -0.311. The third-order valence-corrected chi connectivity index (χ3v) is 3.93. The average Bonchev–Trinajstić information content (AvgIpc) is 2.52. The number of aryl methyl sites for hydroxylation is 1. The molecule has 4 nitrogen and oxygen atoms in total. The second-order valence-corrected chi connectivity index (χ2v) is 5.93. The van der Waals surface area contributed by atoms with Gasteiger partial charge in [0.15, 0.2) is 0 Å². The van der Waals surface area contributed by atoms with Crippen molar-refractivity contribution in [3.8, 4) is 0 Å². The predicted molar refractivity (Wildman–Crippen MR) is 94.0 cm³/mol. The number of nitrogens with zero attached hydrogens (tertiary/aromatic N) is 1. The zero-order valence-electron chi connectivity index (χ0n) is 12.2. The summed E-state index contributed by atoms with van der Waals surface area (Å²) in [7, 11) is 0. The Morgan fingerprint density at radius 2 is 1.91 bits per heavy atom. The molecule has 2 aromatic carbocycles. The Bertz CT molecular complexity index is 896. The Morgan fingerprint density at radius 1 is 1.09 bits per heavy atom. The summed E-state index contributed by atoms with van der Waals surface area (Å²) in [5, 5.41) is 1.88. The van der Waals surface area contributed by atoms with E-state index in [0.29, 0.717) is 15.6 Å². The lowest BCUT2D eigenvalue weighted by Crippen LogP contribution is -2.29. The molecule has 0 aliphatic heterocycles. The minimum Gasteiger partial charge on any atom is -0.298 e. The van der Waals surface area contributed by atoms with E-state index in [1.54, 1.807) is 36.5 Å². The van der Waals surface area contributed by atoms with Gasteiger partial charge in [-0.1, -0.05) is 29.3 Å². The molecule has 1 aromatic heterocycles. The van der Waals surface area contributed by atoms with Crippen molar-refractivity contribution in [3.63, 3.8) is 0 Å². The summed E-state index contributed by atoms with van der Waals surface area (Å²) in [6.07, 6.45) is 1.64. The SMILES string of the molecule is Cc1ccc(C(=O)NNc2ccnc3cc(Cl)ccc23)c(Cl)c1. The number of hydrogen-bond acceptors (Lipinski definition) is 3. The molecule has 6 heteroatoms. The van der Waals surface area contributed by atoms with Crippen LogP contribution in [0.5, 0.6) is 0 Å². The minimum absolute atomic E-state index is 0.311. The fourth-order valence-corrected chi connectivity index (χ4v) is 2.71. The van der Waals surface area contributed by atoms with Crippen molar-refractivity contribution in [1.82, 2.24) is 10.4 Å². The van der Waals surface area contributed by atoms with Crippen LogP contribution in [0.2, 0.25) is 10.0 Å². The molecule has 3 aromatic rings. The number of carbonyl (C=O) groups excluding carboxylic acids is 1. The lowest BCUT2D eigenvalue weighted by molar-refractivity contribution is 0.0963. The monoisotopic (exact) mass is 345 g/mol. The number of rotatable bonds is 3. The van der Waals surface area contributed by atoms with Crippen molar-refractivity contribution >= 4 is 45.7 Å². The Balaban J connectivity index is 1.82. The van der Waals surface area contributed by atoms with Gasteiger partial charge in [0.2, 0.25) is 0 Å². The Labute approximate surface area is 143 Å². The second-order valence-electron chi connectivity index (χ2n) is 5.08. The summed E-state index contributed by atoms with van der Waals surface area (Å²) in [6, 6.07) is 12.4. The van der Waals surface area contributed by atoms with Gasteiger partial charge in [0, 0.05) is 16.6 Å². The Kier molecular flexibility index (Phi) is 4.37. The van der Waals surface area contributed by atoms with Gasteiger partial charge < -0.3 is 0 Å². The number of halogens is 2. The van der Waals surface area contributed by atoms with E-state index in [-0.39, 0.29) is 5.91 Å². The highest BCUT2D eigenvalue weighted by Gasteiger charge is 2.10. The van der Waals surface area contributed by atoms with Crippen LogP contribution in [0.25, 0.3) is 10.9 Å². The molecule has 3 rings (SSSR count). The van der Waals surface area contributed by atoms with Gasteiger partial charge in [0.1, 0.15) is 0 Å². The highest BCUT2D eigenvalue weighted by atomic mass is 35.5. The first-order chi connectivity index (χ1) is 11.0. The normalized spacial score (nSPS) is 10.6. The zero-order valence-corrected chi connectivity index (χ0v) is 13.7. The van der Waals surface area contributed by atoms with Crippen molar-refractivity contribution in [2.75, 3.05) is 5.43 Å². The van der Waals surface area contributed by atoms with Gasteiger partial charge in [-0.05, 0) is 48.9 Å². The highest BCUT2D eigenvalue weighted by Crippen LogP contribution is 2.24. The molecular weight excluding hydrogens is 333 g/mol. The van der Waals surface area contributed by atoms with E-state index in [1.165, 1.54) is 0 Å². The quantitative estimate of drug-likeness (QED) is 0.681. The topological polar surface area (TPSA) is 54.0 Å². The maximum absolute atomic E-state index is 12.2. The fourth-order valence-electron chi connectivity index (χ4n) is 2.23. The second kappa shape index (κ2) is 6.44. The molecule has 0 radical (unpaired) electrons. The third-order valence-electron chi connectivity index (χ3n) is 3.38. The molecule has 1 heterocycles.